The first kappa shape index (κ1) is 14.9. The van der Waals surface area contributed by atoms with E-state index >= 15 is 0 Å². The van der Waals surface area contributed by atoms with Gasteiger partial charge in [0, 0.05) is 17.6 Å². The SMILES string of the molecule is C[C@@H]1CN(S(=O)(=O)c2ccc(Br)cc2F)C[C@H](C)O1. The fourth-order valence-corrected chi connectivity index (χ4v) is 4.12. The molecule has 1 heterocycles. The van der Waals surface area contributed by atoms with E-state index in [0.717, 1.165) is 6.07 Å². The Balaban J connectivity index is 2.36. The van der Waals surface area contributed by atoms with Gasteiger partial charge in [-0.2, -0.15) is 4.31 Å². The van der Waals surface area contributed by atoms with E-state index in [1.54, 1.807) is 13.8 Å². The van der Waals surface area contributed by atoms with Crippen molar-refractivity contribution >= 4 is 26.0 Å². The molecule has 0 unspecified atom stereocenters. The molecule has 0 N–H and O–H groups in total. The van der Waals surface area contributed by atoms with Crippen LogP contribution >= 0.6 is 15.9 Å². The number of benzene rings is 1. The van der Waals surface area contributed by atoms with Gasteiger partial charge in [0.05, 0.1) is 12.2 Å². The molecule has 1 aromatic rings. The molecular weight excluding hydrogens is 337 g/mol. The fourth-order valence-electron chi connectivity index (χ4n) is 2.15. The van der Waals surface area contributed by atoms with E-state index < -0.39 is 15.8 Å². The number of sulfonamides is 1. The number of rotatable bonds is 2. The third kappa shape index (κ3) is 3.16. The van der Waals surface area contributed by atoms with Crippen LogP contribution in [0, 0.1) is 5.82 Å². The van der Waals surface area contributed by atoms with Crippen molar-refractivity contribution in [2.45, 2.75) is 31.0 Å². The van der Waals surface area contributed by atoms with Crippen LogP contribution in [0.15, 0.2) is 27.6 Å². The lowest BCUT2D eigenvalue weighted by atomic mass is 10.3. The van der Waals surface area contributed by atoms with Crippen molar-refractivity contribution in [1.82, 2.24) is 4.31 Å². The molecule has 2 rings (SSSR count). The molecule has 0 saturated carbocycles. The molecule has 7 heteroatoms. The average Bonchev–Trinajstić information content (AvgIpc) is 2.26. The van der Waals surface area contributed by atoms with E-state index in [1.807, 2.05) is 0 Å². The van der Waals surface area contributed by atoms with Gasteiger partial charge in [-0.1, -0.05) is 15.9 Å². The summed E-state index contributed by atoms with van der Waals surface area (Å²) in [4.78, 5) is -0.294. The van der Waals surface area contributed by atoms with Crippen LogP contribution in [0.5, 0.6) is 0 Å². The summed E-state index contributed by atoms with van der Waals surface area (Å²) in [6, 6.07) is 3.95. The van der Waals surface area contributed by atoms with E-state index in [1.165, 1.54) is 16.4 Å². The zero-order valence-electron chi connectivity index (χ0n) is 10.6. The van der Waals surface area contributed by atoms with Gasteiger partial charge in [-0.25, -0.2) is 12.8 Å². The maximum atomic E-state index is 13.8. The van der Waals surface area contributed by atoms with Gasteiger partial charge in [-0.3, -0.25) is 0 Å². The third-order valence-corrected chi connectivity index (χ3v) is 5.26. The standard InChI is InChI=1S/C12H15BrFNO3S/c1-8-6-15(7-9(2)18-8)19(16,17)12-4-3-10(13)5-11(12)14/h3-5,8-9H,6-7H2,1-2H3/t8-,9+. The van der Waals surface area contributed by atoms with Gasteiger partial charge in [0.25, 0.3) is 0 Å². The van der Waals surface area contributed by atoms with E-state index in [-0.39, 0.29) is 30.2 Å². The predicted molar refractivity (Wildman–Crippen MR) is 72.9 cm³/mol. The van der Waals surface area contributed by atoms with Crippen LogP contribution in [0.1, 0.15) is 13.8 Å². The first-order valence-corrected chi connectivity index (χ1v) is 8.14. The maximum absolute atomic E-state index is 13.8. The Kier molecular flexibility index (Phi) is 4.29. The molecule has 0 amide bonds. The molecule has 0 spiro atoms. The van der Waals surface area contributed by atoms with Crippen molar-refractivity contribution in [2.24, 2.45) is 0 Å². The monoisotopic (exact) mass is 351 g/mol. The molecule has 4 nitrogen and oxygen atoms in total. The van der Waals surface area contributed by atoms with E-state index in [0.29, 0.717) is 4.47 Å². The number of halogens is 2. The summed E-state index contributed by atoms with van der Waals surface area (Å²) >= 11 is 3.11. The smallest absolute Gasteiger partial charge is 0.246 e. The summed E-state index contributed by atoms with van der Waals surface area (Å²) < 4.78 is 46.0. The van der Waals surface area contributed by atoms with Crippen molar-refractivity contribution in [3.8, 4) is 0 Å². The normalized spacial score (nSPS) is 25.5. The lowest BCUT2D eigenvalue weighted by molar-refractivity contribution is -0.0441. The molecule has 2 atom stereocenters. The Labute approximate surface area is 120 Å². The van der Waals surface area contributed by atoms with Crippen LogP contribution in [0.2, 0.25) is 0 Å². The van der Waals surface area contributed by atoms with Crippen molar-refractivity contribution in [3.05, 3.63) is 28.5 Å². The highest BCUT2D eigenvalue weighted by molar-refractivity contribution is 9.10. The summed E-state index contributed by atoms with van der Waals surface area (Å²) in [7, 11) is -3.82. The minimum Gasteiger partial charge on any atom is -0.373 e. The second-order valence-corrected chi connectivity index (χ2v) is 7.48. The minimum absolute atomic E-state index is 0.197. The number of morpholine rings is 1. The van der Waals surface area contributed by atoms with Gasteiger partial charge in [-0.05, 0) is 32.0 Å². The van der Waals surface area contributed by atoms with Crippen molar-refractivity contribution in [2.75, 3.05) is 13.1 Å². The molecule has 0 aliphatic carbocycles. The van der Waals surface area contributed by atoms with Crippen LogP contribution in [-0.2, 0) is 14.8 Å². The van der Waals surface area contributed by atoms with Gasteiger partial charge in [0.2, 0.25) is 10.0 Å². The Morgan fingerprint density at radius 3 is 2.42 bits per heavy atom. The first-order chi connectivity index (χ1) is 8.80. The summed E-state index contributed by atoms with van der Waals surface area (Å²) in [5, 5.41) is 0. The summed E-state index contributed by atoms with van der Waals surface area (Å²) in [5.41, 5.74) is 0. The number of nitrogens with zero attached hydrogens (tertiary/aromatic N) is 1. The molecule has 1 aromatic carbocycles. The maximum Gasteiger partial charge on any atom is 0.246 e. The van der Waals surface area contributed by atoms with E-state index in [2.05, 4.69) is 15.9 Å². The lowest BCUT2D eigenvalue weighted by Gasteiger charge is -2.34. The molecule has 0 radical (unpaired) electrons. The Morgan fingerprint density at radius 1 is 1.32 bits per heavy atom. The number of hydrogen-bond donors (Lipinski definition) is 0. The summed E-state index contributed by atoms with van der Waals surface area (Å²) in [6.07, 6.45) is -0.394. The third-order valence-electron chi connectivity index (χ3n) is 2.90. The molecule has 1 aliphatic rings. The van der Waals surface area contributed by atoms with Crippen LogP contribution in [0.4, 0.5) is 4.39 Å². The quantitative estimate of drug-likeness (QED) is 0.821. The van der Waals surface area contributed by atoms with Crippen molar-refractivity contribution in [3.63, 3.8) is 0 Å². The molecule has 106 valence electrons. The van der Waals surface area contributed by atoms with Crippen LogP contribution in [-0.4, -0.2) is 38.0 Å². The van der Waals surface area contributed by atoms with E-state index in [4.69, 9.17) is 4.74 Å². The largest absolute Gasteiger partial charge is 0.373 e. The number of hydrogen-bond acceptors (Lipinski definition) is 3. The average molecular weight is 352 g/mol. The van der Waals surface area contributed by atoms with Crippen LogP contribution < -0.4 is 0 Å². The topological polar surface area (TPSA) is 46.6 Å². The molecule has 0 bridgehead atoms. The first-order valence-electron chi connectivity index (χ1n) is 5.91. The van der Waals surface area contributed by atoms with Gasteiger partial charge in [0.1, 0.15) is 10.7 Å². The number of ether oxygens (including phenoxy) is 1. The molecule has 1 saturated heterocycles. The minimum atomic E-state index is -3.82. The highest BCUT2D eigenvalue weighted by Crippen LogP contribution is 2.25. The molecule has 1 fully saturated rings. The molecule has 1 aliphatic heterocycles. The van der Waals surface area contributed by atoms with Gasteiger partial charge < -0.3 is 4.74 Å². The second kappa shape index (κ2) is 5.47. The highest BCUT2D eigenvalue weighted by Gasteiger charge is 2.33. The van der Waals surface area contributed by atoms with Crippen molar-refractivity contribution < 1.29 is 17.5 Å². The van der Waals surface area contributed by atoms with Gasteiger partial charge >= 0.3 is 0 Å². The highest BCUT2D eigenvalue weighted by atomic mass is 79.9. The Bertz CT molecular complexity index is 568. The van der Waals surface area contributed by atoms with E-state index in [9.17, 15) is 12.8 Å². The Morgan fingerprint density at radius 2 is 1.89 bits per heavy atom. The lowest BCUT2D eigenvalue weighted by Crippen LogP contribution is -2.48. The zero-order chi connectivity index (χ0) is 14.2. The predicted octanol–water partition coefficient (Wildman–Crippen LogP) is 2.39. The summed E-state index contributed by atoms with van der Waals surface area (Å²) in [6.45, 7) is 4.08. The van der Waals surface area contributed by atoms with Crippen LogP contribution in [0.3, 0.4) is 0 Å². The zero-order valence-corrected chi connectivity index (χ0v) is 13.0. The summed E-state index contributed by atoms with van der Waals surface area (Å²) in [5.74, 6) is -0.749. The molecular formula is C12H15BrFNO3S. The second-order valence-electron chi connectivity index (χ2n) is 4.65. The molecule has 19 heavy (non-hydrogen) atoms. The fraction of sp³-hybridized carbons (Fsp3) is 0.500. The van der Waals surface area contributed by atoms with Gasteiger partial charge in [-0.15, -0.1) is 0 Å². The van der Waals surface area contributed by atoms with Crippen molar-refractivity contribution in [1.29, 1.82) is 0 Å². The van der Waals surface area contributed by atoms with Gasteiger partial charge in [0.15, 0.2) is 0 Å². The molecule has 0 aromatic heterocycles. The van der Waals surface area contributed by atoms with Crippen LogP contribution in [0.25, 0.3) is 0 Å². The Hall–Kier alpha value is -0.500.